The zero-order valence-corrected chi connectivity index (χ0v) is 18.7. The average molecular weight is 442 g/mol. The lowest BCUT2D eigenvalue weighted by atomic mass is 10.1. The molecule has 6 nitrogen and oxygen atoms in total. The number of nitrogens with one attached hydrogen (secondary N) is 1. The number of piperidine rings is 1. The van der Waals surface area contributed by atoms with Crippen LogP contribution in [0.1, 0.15) is 53.6 Å². The van der Waals surface area contributed by atoms with Gasteiger partial charge in [-0.1, -0.05) is 30.7 Å². The van der Waals surface area contributed by atoms with E-state index in [1.165, 1.54) is 54.4 Å². The molecule has 1 amide bonds. The number of benzene rings is 2. The number of rotatable bonds is 7. The topological polar surface area (TPSA) is 69.7 Å². The Morgan fingerprint density at radius 1 is 0.774 bits per heavy atom. The molecule has 166 valence electrons. The predicted molar refractivity (Wildman–Crippen MR) is 121 cm³/mol. The quantitative estimate of drug-likeness (QED) is 0.715. The van der Waals surface area contributed by atoms with E-state index in [1.807, 2.05) is 0 Å². The van der Waals surface area contributed by atoms with Gasteiger partial charge in [0.1, 0.15) is 0 Å². The van der Waals surface area contributed by atoms with Crippen molar-refractivity contribution in [3.63, 3.8) is 0 Å². The van der Waals surface area contributed by atoms with E-state index in [2.05, 4.69) is 34.5 Å². The molecule has 4 rings (SSSR count). The molecule has 0 unspecified atom stereocenters. The Bertz CT molecular complexity index is 976. The van der Waals surface area contributed by atoms with Gasteiger partial charge in [0.15, 0.2) is 0 Å². The molecule has 0 saturated carbocycles. The SMILES string of the molecule is O=C(NCc1ccc(CN2CCCCC2)cc1)c1ccc(S(=O)(=O)N2CCCC2)cc1. The summed E-state index contributed by atoms with van der Waals surface area (Å²) in [5, 5.41) is 2.92. The van der Waals surface area contributed by atoms with Crippen molar-refractivity contribution in [2.75, 3.05) is 26.2 Å². The molecule has 2 aliphatic rings. The third-order valence-electron chi connectivity index (χ3n) is 6.15. The largest absolute Gasteiger partial charge is 0.348 e. The molecule has 2 aliphatic heterocycles. The first kappa shape index (κ1) is 22.0. The van der Waals surface area contributed by atoms with Gasteiger partial charge in [-0.15, -0.1) is 0 Å². The van der Waals surface area contributed by atoms with Crippen LogP contribution in [0.2, 0.25) is 0 Å². The summed E-state index contributed by atoms with van der Waals surface area (Å²) in [4.78, 5) is 15.2. The number of sulfonamides is 1. The van der Waals surface area contributed by atoms with Crippen LogP contribution >= 0.6 is 0 Å². The normalized spacial score (nSPS) is 18.2. The molecular weight excluding hydrogens is 410 g/mol. The van der Waals surface area contributed by atoms with Gasteiger partial charge >= 0.3 is 0 Å². The van der Waals surface area contributed by atoms with E-state index in [4.69, 9.17) is 0 Å². The van der Waals surface area contributed by atoms with Crippen LogP contribution in [-0.2, 0) is 23.1 Å². The number of amides is 1. The second kappa shape index (κ2) is 9.94. The molecule has 0 aromatic heterocycles. The van der Waals surface area contributed by atoms with Crippen molar-refractivity contribution in [1.29, 1.82) is 0 Å². The maximum absolute atomic E-state index is 12.6. The number of carbonyl (C=O) groups is 1. The molecule has 0 aliphatic carbocycles. The highest BCUT2D eigenvalue weighted by molar-refractivity contribution is 7.89. The number of nitrogens with zero attached hydrogens (tertiary/aromatic N) is 2. The van der Waals surface area contributed by atoms with Gasteiger partial charge in [0.05, 0.1) is 4.90 Å². The van der Waals surface area contributed by atoms with Crippen molar-refractivity contribution in [1.82, 2.24) is 14.5 Å². The first-order valence-electron chi connectivity index (χ1n) is 11.2. The Hall–Kier alpha value is -2.22. The zero-order valence-electron chi connectivity index (χ0n) is 17.9. The number of likely N-dealkylation sites (tertiary alicyclic amines) is 1. The molecule has 1 N–H and O–H groups in total. The highest BCUT2D eigenvalue weighted by Gasteiger charge is 2.27. The molecular formula is C24H31N3O3S. The van der Waals surface area contributed by atoms with Crippen molar-refractivity contribution in [2.24, 2.45) is 0 Å². The first-order chi connectivity index (χ1) is 15.0. The van der Waals surface area contributed by atoms with E-state index in [9.17, 15) is 13.2 Å². The summed E-state index contributed by atoms with van der Waals surface area (Å²) >= 11 is 0. The van der Waals surface area contributed by atoms with Crippen LogP contribution in [0.25, 0.3) is 0 Å². The lowest BCUT2D eigenvalue weighted by Gasteiger charge is -2.26. The molecule has 0 spiro atoms. The summed E-state index contributed by atoms with van der Waals surface area (Å²) in [7, 11) is -3.45. The minimum atomic E-state index is -3.45. The predicted octanol–water partition coefficient (Wildman–Crippen LogP) is 3.39. The van der Waals surface area contributed by atoms with Crippen molar-refractivity contribution < 1.29 is 13.2 Å². The maximum Gasteiger partial charge on any atom is 0.251 e. The molecule has 2 fully saturated rings. The lowest BCUT2D eigenvalue weighted by molar-refractivity contribution is 0.0951. The monoisotopic (exact) mass is 441 g/mol. The molecule has 0 radical (unpaired) electrons. The number of carbonyl (C=O) groups excluding carboxylic acids is 1. The Balaban J connectivity index is 1.30. The Morgan fingerprint density at radius 3 is 2.00 bits per heavy atom. The third-order valence-corrected chi connectivity index (χ3v) is 8.06. The van der Waals surface area contributed by atoms with Crippen molar-refractivity contribution in [3.05, 3.63) is 65.2 Å². The fourth-order valence-electron chi connectivity index (χ4n) is 4.28. The van der Waals surface area contributed by atoms with Crippen LogP contribution in [-0.4, -0.2) is 49.7 Å². The van der Waals surface area contributed by atoms with Crippen molar-refractivity contribution in [3.8, 4) is 0 Å². The Morgan fingerprint density at radius 2 is 1.35 bits per heavy atom. The Kier molecular flexibility index (Phi) is 7.05. The van der Waals surface area contributed by atoms with E-state index < -0.39 is 10.0 Å². The molecule has 0 atom stereocenters. The molecule has 31 heavy (non-hydrogen) atoms. The second-order valence-corrected chi connectivity index (χ2v) is 10.4. The summed E-state index contributed by atoms with van der Waals surface area (Å²) in [6, 6.07) is 14.6. The summed E-state index contributed by atoms with van der Waals surface area (Å²) in [6.07, 6.45) is 5.72. The van der Waals surface area contributed by atoms with Crippen LogP contribution in [0.3, 0.4) is 0 Å². The van der Waals surface area contributed by atoms with Gasteiger partial charge < -0.3 is 5.32 Å². The Labute approximate surface area is 185 Å². The number of hydrogen-bond donors (Lipinski definition) is 1. The standard InChI is InChI=1S/C24H31N3O3S/c28-24(22-10-12-23(13-11-22)31(29,30)27-16-4-5-17-27)25-18-20-6-8-21(9-7-20)19-26-14-2-1-3-15-26/h6-13H,1-5,14-19H2,(H,25,28). The zero-order chi connectivity index (χ0) is 21.7. The summed E-state index contributed by atoms with van der Waals surface area (Å²) in [5.74, 6) is -0.206. The van der Waals surface area contributed by atoms with Crippen LogP contribution in [0, 0.1) is 0 Å². The maximum atomic E-state index is 12.6. The highest BCUT2D eigenvalue weighted by atomic mass is 32.2. The van der Waals surface area contributed by atoms with E-state index in [1.54, 1.807) is 12.1 Å². The van der Waals surface area contributed by atoms with E-state index in [0.29, 0.717) is 25.2 Å². The lowest BCUT2D eigenvalue weighted by Crippen LogP contribution is -2.29. The fraction of sp³-hybridized carbons (Fsp3) is 0.458. The summed E-state index contributed by atoms with van der Waals surface area (Å²) in [5.41, 5.74) is 2.80. The summed E-state index contributed by atoms with van der Waals surface area (Å²) < 4.78 is 26.7. The smallest absolute Gasteiger partial charge is 0.251 e. The van der Waals surface area contributed by atoms with Crippen LogP contribution < -0.4 is 5.32 Å². The first-order valence-corrected chi connectivity index (χ1v) is 12.6. The molecule has 2 saturated heterocycles. The van der Waals surface area contributed by atoms with Gasteiger partial charge in [0.2, 0.25) is 10.0 Å². The van der Waals surface area contributed by atoms with Gasteiger partial charge in [0.25, 0.3) is 5.91 Å². The fourth-order valence-corrected chi connectivity index (χ4v) is 5.80. The van der Waals surface area contributed by atoms with Gasteiger partial charge in [-0.2, -0.15) is 4.31 Å². The molecule has 2 aromatic rings. The number of hydrogen-bond acceptors (Lipinski definition) is 4. The second-order valence-electron chi connectivity index (χ2n) is 8.47. The van der Waals surface area contributed by atoms with Crippen LogP contribution in [0.5, 0.6) is 0 Å². The van der Waals surface area contributed by atoms with E-state index in [0.717, 1.165) is 24.9 Å². The van der Waals surface area contributed by atoms with E-state index in [-0.39, 0.29) is 10.8 Å². The van der Waals surface area contributed by atoms with Crippen molar-refractivity contribution in [2.45, 2.75) is 50.1 Å². The van der Waals surface area contributed by atoms with Gasteiger partial charge in [-0.05, 0) is 74.2 Å². The van der Waals surface area contributed by atoms with E-state index >= 15 is 0 Å². The van der Waals surface area contributed by atoms with Crippen molar-refractivity contribution >= 4 is 15.9 Å². The van der Waals surface area contributed by atoms with Gasteiger partial charge in [-0.25, -0.2) is 8.42 Å². The van der Waals surface area contributed by atoms with Gasteiger partial charge in [0, 0.05) is 31.7 Å². The molecule has 7 heteroatoms. The average Bonchev–Trinajstić information content (AvgIpc) is 3.35. The van der Waals surface area contributed by atoms with Crippen LogP contribution in [0.15, 0.2) is 53.4 Å². The minimum Gasteiger partial charge on any atom is -0.348 e. The van der Waals surface area contributed by atoms with Gasteiger partial charge in [-0.3, -0.25) is 9.69 Å². The third kappa shape index (κ3) is 5.53. The molecule has 2 heterocycles. The highest BCUT2D eigenvalue weighted by Crippen LogP contribution is 2.21. The van der Waals surface area contributed by atoms with Crippen LogP contribution in [0.4, 0.5) is 0 Å². The molecule has 0 bridgehead atoms. The molecule has 2 aromatic carbocycles. The summed E-state index contributed by atoms with van der Waals surface area (Å²) in [6.45, 7) is 4.92. The minimum absolute atomic E-state index is 0.206.